The van der Waals surface area contributed by atoms with Crippen molar-refractivity contribution in [1.82, 2.24) is 0 Å². The summed E-state index contributed by atoms with van der Waals surface area (Å²) in [7, 11) is 1.43. The molecular weight excluding hydrogens is 188 g/mol. The molecular formula is C13H20O2. The number of esters is 1. The van der Waals surface area contributed by atoms with E-state index in [1.807, 2.05) is 0 Å². The van der Waals surface area contributed by atoms with Crippen molar-refractivity contribution >= 4 is 5.97 Å². The molecule has 1 aliphatic rings. The van der Waals surface area contributed by atoms with E-state index in [9.17, 15) is 4.79 Å². The molecule has 0 aliphatic heterocycles. The van der Waals surface area contributed by atoms with Gasteiger partial charge in [0.2, 0.25) is 0 Å². The summed E-state index contributed by atoms with van der Waals surface area (Å²) in [6, 6.07) is 0. The van der Waals surface area contributed by atoms with Crippen LogP contribution < -0.4 is 0 Å². The zero-order chi connectivity index (χ0) is 11.1. The molecule has 2 nitrogen and oxygen atoms in total. The van der Waals surface area contributed by atoms with E-state index >= 15 is 0 Å². The highest BCUT2D eigenvalue weighted by molar-refractivity contribution is 5.88. The second kappa shape index (κ2) is 6.44. The van der Waals surface area contributed by atoms with Gasteiger partial charge in [-0.2, -0.15) is 0 Å². The molecule has 15 heavy (non-hydrogen) atoms. The predicted molar refractivity (Wildman–Crippen MR) is 61.5 cm³/mol. The number of methoxy groups -OCH3 is 1. The van der Waals surface area contributed by atoms with Crippen LogP contribution in [0.3, 0.4) is 0 Å². The molecule has 0 atom stereocenters. The van der Waals surface area contributed by atoms with Crippen molar-refractivity contribution in [2.24, 2.45) is 5.92 Å². The van der Waals surface area contributed by atoms with Crippen LogP contribution in [0.1, 0.15) is 38.5 Å². The summed E-state index contributed by atoms with van der Waals surface area (Å²) in [5, 5.41) is 0. The molecule has 1 saturated carbocycles. The van der Waals surface area contributed by atoms with Crippen molar-refractivity contribution in [3.05, 3.63) is 24.3 Å². The maximum Gasteiger partial charge on any atom is 0.333 e. The van der Waals surface area contributed by atoms with Gasteiger partial charge in [0.05, 0.1) is 7.11 Å². The van der Waals surface area contributed by atoms with Crippen LogP contribution >= 0.6 is 0 Å². The molecule has 0 radical (unpaired) electrons. The maximum atomic E-state index is 11.4. The van der Waals surface area contributed by atoms with Crippen LogP contribution in [0, 0.1) is 5.92 Å². The Hall–Kier alpha value is -1.05. The van der Waals surface area contributed by atoms with E-state index in [1.165, 1.54) is 39.2 Å². The SMILES string of the molecule is C=CCC(=CC1CCCCC1)C(=O)OC. The Labute approximate surface area is 92.0 Å². The Bertz CT molecular complexity index is 247. The van der Waals surface area contributed by atoms with Crippen LogP contribution in [0.25, 0.3) is 0 Å². The third kappa shape index (κ3) is 3.90. The standard InChI is InChI=1S/C13H20O2/c1-3-7-12(13(14)15-2)10-11-8-5-4-6-9-11/h3,10-11H,1,4-9H2,2H3. The number of carbonyl (C=O) groups is 1. The Kier molecular flexibility index (Phi) is 5.16. The summed E-state index contributed by atoms with van der Waals surface area (Å²) < 4.78 is 4.75. The molecule has 0 unspecified atom stereocenters. The molecule has 1 aliphatic carbocycles. The van der Waals surface area contributed by atoms with Crippen LogP contribution in [-0.2, 0) is 9.53 Å². The average molecular weight is 208 g/mol. The van der Waals surface area contributed by atoms with E-state index in [0.717, 1.165) is 5.57 Å². The molecule has 0 amide bonds. The Balaban J connectivity index is 2.63. The number of rotatable bonds is 4. The minimum Gasteiger partial charge on any atom is -0.466 e. The topological polar surface area (TPSA) is 26.3 Å². The lowest BCUT2D eigenvalue weighted by molar-refractivity contribution is -0.136. The van der Waals surface area contributed by atoms with Crippen molar-refractivity contribution in [1.29, 1.82) is 0 Å². The fourth-order valence-electron chi connectivity index (χ4n) is 2.09. The first kappa shape index (κ1) is 12.0. The lowest BCUT2D eigenvalue weighted by atomic mass is 9.87. The van der Waals surface area contributed by atoms with Gasteiger partial charge in [-0.25, -0.2) is 4.79 Å². The van der Waals surface area contributed by atoms with Gasteiger partial charge >= 0.3 is 5.97 Å². The summed E-state index contributed by atoms with van der Waals surface area (Å²) in [5.41, 5.74) is 0.763. The first-order chi connectivity index (χ1) is 7.27. The third-order valence-corrected chi connectivity index (χ3v) is 2.90. The number of allylic oxidation sites excluding steroid dienone is 2. The van der Waals surface area contributed by atoms with Crippen molar-refractivity contribution in [2.75, 3.05) is 7.11 Å². The van der Waals surface area contributed by atoms with Crippen LogP contribution in [0.2, 0.25) is 0 Å². The molecule has 0 bridgehead atoms. The fourth-order valence-corrected chi connectivity index (χ4v) is 2.09. The van der Waals surface area contributed by atoms with Crippen molar-refractivity contribution in [3.63, 3.8) is 0 Å². The first-order valence-corrected chi connectivity index (χ1v) is 5.68. The summed E-state index contributed by atoms with van der Waals surface area (Å²) >= 11 is 0. The Morgan fingerprint density at radius 3 is 2.60 bits per heavy atom. The molecule has 0 spiro atoms. The Morgan fingerprint density at radius 2 is 2.07 bits per heavy atom. The third-order valence-electron chi connectivity index (χ3n) is 2.90. The summed E-state index contributed by atoms with van der Waals surface area (Å²) in [4.78, 5) is 11.4. The molecule has 0 N–H and O–H groups in total. The maximum absolute atomic E-state index is 11.4. The molecule has 0 aromatic carbocycles. The van der Waals surface area contributed by atoms with Gasteiger partial charge in [-0.05, 0) is 25.2 Å². The number of hydrogen-bond donors (Lipinski definition) is 0. The van der Waals surface area contributed by atoms with Gasteiger partial charge in [-0.3, -0.25) is 0 Å². The van der Waals surface area contributed by atoms with Gasteiger partial charge in [0.1, 0.15) is 0 Å². The van der Waals surface area contributed by atoms with E-state index in [2.05, 4.69) is 12.7 Å². The van der Waals surface area contributed by atoms with Gasteiger partial charge in [0.25, 0.3) is 0 Å². The molecule has 1 rings (SSSR count). The number of hydrogen-bond acceptors (Lipinski definition) is 2. The summed E-state index contributed by atoms with van der Waals surface area (Å²) in [6.07, 6.45) is 10.8. The molecule has 0 saturated heterocycles. The van der Waals surface area contributed by atoms with Crippen LogP contribution in [-0.4, -0.2) is 13.1 Å². The molecule has 0 aromatic rings. The number of carbonyl (C=O) groups excluding carboxylic acids is 1. The largest absolute Gasteiger partial charge is 0.466 e. The molecule has 0 heterocycles. The summed E-state index contributed by atoms with van der Waals surface area (Å²) in [5.74, 6) is 0.355. The lowest BCUT2D eigenvalue weighted by Gasteiger charge is -2.19. The Morgan fingerprint density at radius 1 is 1.40 bits per heavy atom. The lowest BCUT2D eigenvalue weighted by Crippen LogP contribution is -2.09. The van der Waals surface area contributed by atoms with Gasteiger partial charge in [-0.1, -0.05) is 31.4 Å². The van der Waals surface area contributed by atoms with E-state index < -0.39 is 0 Å². The minimum atomic E-state index is -0.208. The van der Waals surface area contributed by atoms with E-state index in [0.29, 0.717) is 12.3 Å². The van der Waals surface area contributed by atoms with Crippen molar-refractivity contribution in [3.8, 4) is 0 Å². The number of ether oxygens (including phenoxy) is 1. The normalized spacial score (nSPS) is 18.6. The van der Waals surface area contributed by atoms with Gasteiger partial charge in [-0.15, -0.1) is 6.58 Å². The van der Waals surface area contributed by atoms with Crippen LogP contribution in [0.4, 0.5) is 0 Å². The molecule has 0 aromatic heterocycles. The highest BCUT2D eigenvalue weighted by Gasteiger charge is 2.15. The van der Waals surface area contributed by atoms with Crippen molar-refractivity contribution < 1.29 is 9.53 Å². The highest BCUT2D eigenvalue weighted by atomic mass is 16.5. The van der Waals surface area contributed by atoms with Gasteiger partial charge in [0, 0.05) is 5.57 Å². The van der Waals surface area contributed by atoms with Crippen LogP contribution in [0.5, 0.6) is 0 Å². The second-order valence-corrected chi connectivity index (χ2v) is 4.07. The van der Waals surface area contributed by atoms with E-state index in [1.54, 1.807) is 6.08 Å². The van der Waals surface area contributed by atoms with E-state index in [-0.39, 0.29) is 5.97 Å². The highest BCUT2D eigenvalue weighted by Crippen LogP contribution is 2.26. The first-order valence-electron chi connectivity index (χ1n) is 5.68. The van der Waals surface area contributed by atoms with Crippen molar-refractivity contribution in [2.45, 2.75) is 38.5 Å². The second-order valence-electron chi connectivity index (χ2n) is 4.07. The average Bonchev–Trinajstić information content (AvgIpc) is 2.29. The van der Waals surface area contributed by atoms with Crippen LogP contribution in [0.15, 0.2) is 24.3 Å². The molecule has 84 valence electrons. The zero-order valence-electron chi connectivity index (χ0n) is 9.50. The fraction of sp³-hybridized carbons (Fsp3) is 0.615. The van der Waals surface area contributed by atoms with E-state index in [4.69, 9.17) is 4.74 Å². The zero-order valence-corrected chi connectivity index (χ0v) is 9.50. The predicted octanol–water partition coefficient (Wildman–Crippen LogP) is 3.24. The smallest absolute Gasteiger partial charge is 0.333 e. The summed E-state index contributed by atoms with van der Waals surface area (Å²) in [6.45, 7) is 3.66. The minimum absolute atomic E-state index is 0.208. The monoisotopic (exact) mass is 208 g/mol. The molecule has 2 heteroatoms. The quantitative estimate of drug-likeness (QED) is 0.403. The molecule has 1 fully saturated rings. The van der Waals surface area contributed by atoms with Gasteiger partial charge in [0.15, 0.2) is 0 Å². The van der Waals surface area contributed by atoms with Gasteiger partial charge < -0.3 is 4.74 Å².